The number of fused-ring (bicyclic) bond motifs is 5. The molecule has 31 heavy (non-hydrogen) atoms. The minimum Gasteiger partial charge on any atom is -0.465 e. The van der Waals surface area contributed by atoms with E-state index in [0.29, 0.717) is 0 Å². The zero-order valence-electron chi connectivity index (χ0n) is 16.9. The number of carbonyl (C=O) groups is 5. The Bertz CT molecular complexity index is 998. The lowest BCUT2D eigenvalue weighted by molar-refractivity contribution is -0.226. The van der Waals surface area contributed by atoms with Crippen LogP contribution < -0.4 is 4.90 Å². The highest BCUT2D eigenvalue weighted by Crippen LogP contribution is 2.54. The molecular weight excluding hydrogens is 410 g/mol. The summed E-state index contributed by atoms with van der Waals surface area (Å²) in [6.45, 7) is 2.26. The summed E-state index contributed by atoms with van der Waals surface area (Å²) in [4.78, 5) is 62.4. The van der Waals surface area contributed by atoms with E-state index in [0.717, 1.165) is 18.7 Å². The monoisotopic (exact) mass is 429 g/mol. The van der Waals surface area contributed by atoms with Gasteiger partial charge in [-0.05, 0) is 30.3 Å². The maximum Gasteiger partial charge on any atom is 0.337 e. The fourth-order valence-corrected chi connectivity index (χ4v) is 4.34. The maximum atomic E-state index is 13.4. The van der Waals surface area contributed by atoms with Gasteiger partial charge in [0.25, 0.3) is 6.29 Å². The normalized spacial score (nSPS) is 28.1. The summed E-state index contributed by atoms with van der Waals surface area (Å²) >= 11 is 0. The van der Waals surface area contributed by atoms with Gasteiger partial charge >= 0.3 is 17.9 Å². The number of benzene rings is 1. The van der Waals surface area contributed by atoms with Crippen LogP contribution in [-0.2, 0) is 38.1 Å². The topological polar surface area (TPSA) is 126 Å². The van der Waals surface area contributed by atoms with Crippen molar-refractivity contribution in [2.24, 2.45) is 11.8 Å². The lowest BCUT2D eigenvalue weighted by atomic mass is 9.76. The van der Waals surface area contributed by atoms with Gasteiger partial charge in [-0.1, -0.05) is 6.08 Å². The summed E-state index contributed by atoms with van der Waals surface area (Å²) in [7, 11) is 1.25. The molecule has 3 aliphatic rings. The van der Waals surface area contributed by atoms with Crippen molar-refractivity contribution < 1.29 is 42.9 Å². The van der Waals surface area contributed by atoms with E-state index in [1.54, 1.807) is 6.08 Å². The molecule has 0 aromatic heterocycles. The summed E-state index contributed by atoms with van der Waals surface area (Å²) in [6.07, 6.45) is 0.826. The number of carbonyl (C=O) groups excluding carboxylic acids is 5. The molecule has 0 radical (unpaired) electrons. The van der Waals surface area contributed by atoms with Crippen molar-refractivity contribution in [3.8, 4) is 0 Å². The van der Waals surface area contributed by atoms with E-state index in [4.69, 9.17) is 14.2 Å². The molecule has 1 aromatic rings. The van der Waals surface area contributed by atoms with Gasteiger partial charge in [0.15, 0.2) is 5.60 Å². The molecule has 4 rings (SSSR count). The molecule has 10 nitrogen and oxygen atoms in total. The maximum absolute atomic E-state index is 13.4. The lowest BCUT2D eigenvalue weighted by Gasteiger charge is -2.34. The number of anilines is 1. The molecule has 2 saturated heterocycles. The van der Waals surface area contributed by atoms with E-state index >= 15 is 0 Å². The molecule has 2 fully saturated rings. The molecule has 0 unspecified atom stereocenters. The predicted octanol–water partition coefficient (Wildman–Crippen LogP) is 0.738. The molecule has 10 heteroatoms. The van der Waals surface area contributed by atoms with Crippen molar-refractivity contribution in [1.82, 2.24) is 0 Å². The third kappa shape index (κ3) is 3.10. The Morgan fingerprint density at radius 1 is 1.03 bits per heavy atom. The number of hydrogen-bond donors (Lipinski definition) is 0. The van der Waals surface area contributed by atoms with Crippen molar-refractivity contribution >= 4 is 35.4 Å². The largest absolute Gasteiger partial charge is 0.465 e. The molecule has 0 N–H and O–H groups in total. The van der Waals surface area contributed by atoms with E-state index < -0.39 is 59.6 Å². The number of hydrogen-bond acceptors (Lipinski definition) is 9. The summed E-state index contributed by atoms with van der Waals surface area (Å²) in [5.41, 5.74) is -1.08. The standard InChI is InChI=1S/C21H19NO9/c1-10(23)29-20(30-11(2)24)21-9-8-14(31-21)15-16(21)18(26)22(17(15)25)13-6-4-12(5-7-13)19(27)28-3/h4-9,14-16,20H,1-3H3/t14-,15+,16-,21+/m0/s1. The Kier molecular flexibility index (Phi) is 4.89. The quantitative estimate of drug-likeness (QED) is 0.288. The first kappa shape index (κ1) is 20.7. The third-order valence-corrected chi connectivity index (χ3v) is 5.54. The van der Waals surface area contributed by atoms with Gasteiger partial charge in [-0.15, -0.1) is 0 Å². The molecule has 3 aliphatic heterocycles. The van der Waals surface area contributed by atoms with E-state index in [9.17, 15) is 24.0 Å². The van der Waals surface area contributed by atoms with Crippen LogP contribution in [0.25, 0.3) is 0 Å². The van der Waals surface area contributed by atoms with E-state index in [-0.39, 0.29) is 11.3 Å². The molecular formula is C21H19NO9. The van der Waals surface area contributed by atoms with Crippen molar-refractivity contribution in [3.05, 3.63) is 42.0 Å². The van der Waals surface area contributed by atoms with Gasteiger partial charge in [-0.2, -0.15) is 0 Å². The van der Waals surface area contributed by atoms with Crippen molar-refractivity contribution in [2.75, 3.05) is 12.0 Å². The fourth-order valence-electron chi connectivity index (χ4n) is 4.34. The summed E-state index contributed by atoms with van der Waals surface area (Å²) < 4.78 is 20.9. The molecule has 2 amide bonds. The number of esters is 3. The summed E-state index contributed by atoms with van der Waals surface area (Å²) in [6, 6.07) is 5.80. The lowest BCUT2D eigenvalue weighted by Crippen LogP contribution is -2.52. The Balaban J connectivity index is 1.69. The van der Waals surface area contributed by atoms with E-state index in [1.165, 1.54) is 37.5 Å². The van der Waals surface area contributed by atoms with Crippen LogP contribution in [0, 0.1) is 11.8 Å². The third-order valence-electron chi connectivity index (χ3n) is 5.54. The second-order valence-corrected chi connectivity index (χ2v) is 7.40. The molecule has 0 spiro atoms. The molecule has 2 bridgehead atoms. The van der Waals surface area contributed by atoms with Gasteiger partial charge in [0.05, 0.1) is 36.3 Å². The van der Waals surface area contributed by atoms with Crippen LogP contribution in [0.3, 0.4) is 0 Å². The molecule has 1 aromatic carbocycles. The molecule has 4 atom stereocenters. The number of ether oxygens (including phenoxy) is 4. The number of imide groups is 1. The molecule has 3 heterocycles. The van der Waals surface area contributed by atoms with Crippen molar-refractivity contribution in [2.45, 2.75) is 31.8 Å². The SMILES string of the molecule is COC(=O)c1ccc(N2C(=O)[C@@H]3[C@@H]4C=C[C@@](C(OC(C)=O)OC(C)=O)(O4)[C@@H]3C2=O)cc1. The number of amides is 2. The Hall–Kier alpha value is -3.53. The minimum absolute atomic E-state index is 0.261. The van der Waals surface area contributed by atoms with Crippen LogP contribution in [-0.4, -0.2) is 54.8 Å². The number of rotatable bonds is 5. The fraction of sp³-hybridized carbons (Fsp3) is 0.381. The highest BCUT2D eigenvalue weighted by molar-refractivity contribution is 6.23. The average Bonchev–Trinajstić information content (AvgIpc) is 3.37. The molecule has 162 valence electrons. The average molecular weight is 429 g/mol. The number of methoxy groups -OCH3 is 1. The van der Waals surface area contributed by atoms with Gasteiger partial charge in [-0.25, -0.2) is 9.69 Å². The van der Waals surface area contributed by atoms with Crippen LogP contribution in [0.1, 0.15) is 24.2 Å². The molecule has 0 saturated carbocycles. The smallest absolute Gasteiger partial charge is 0.337 e. The zero-order chi connectivity index (χ0) is 22.5. The Morgan fingerprint density at radius 3 is 2.19 bits per heavy atom. The second kappa shape index (κ2) is 7.31. The first-order valence-electron chi connectivity index (χ1n) is 9.47. The van der Waals surface area contributed by atoms with Crippen molar-refractivity contribution in [1.29, 1.82) is 0 Å². The molecule has 0 aliphatic carbocycles. The van der Waals surface area contributed by atoms with E-state index in [2.05, 4.69) is 4.74 Å². The number of nitrogens with zero attached hydrogens (tertiary/aromatic N) is 1. The van der Waals surface area contributed by atoms with Crippen molar-refractivity contribution in [3.63, 3.8) is 0 Å². The minimum atomic E-state index is -1.61. The highest BCUT2D eigenvalue weighted by Gasteiger charge is 2.72. The predicted molar refractivity (Wildman–Crippen MR) is 101 cm³/mol. The van der Waals surface area contributed by atoms with Crippen LogP contribution in [0.5, 0.6) is 0 Å². The summed E-state index contributed by atoms with van der Waals surface area (Å²) in [5, 5.41) is 0. The van der Waals surface area contributed by atoms with Gasteiger partial charge in [-0.3, -0.25) is 19.2 Å². The zero-order valence-corrected chi connectivity index (χ0v) is 16.9. The second-order valence-electron chi connectivity index (χ2n) is 7.40. The Morgan fingerprint density at radius 2 is 1.65 bits per heavy atom. The first-order valence-corrected chi connectivity index (χ1v) is 9.47. The van der Waals surface area contributed by atoms with Crippen LogP contribution in [0.2, 0.25) is 0 Å². The van der Waals surface area contributed by atoms with Gasteiger partial charge in [0, 0.05) is 13.8 Å². The van der Waals surface area contributed by atoms with Crippen LogP contribution in [0.4, 0.5) is 5.69 Å². The highest BCUT2D eigenvalue weighted by atomic mass is 16.7. The first-order chi connectivity index (χ1) is 14.7. The van der Waals surface area contributed by atoms with Gasteiger partial charge in [0.1, 0.15) is 0 Å². The summed E-state index contributed by atoms with van der Waals surface area (Å²) in [5.74, 6) is -5.04. The Labute approximate surface area is 176 Å². The van der Waals surface area contributed by atoms with Gasteiger partial charge < -0.3 is 18.9 Å². The van der Waals surface area contributed by atoms with Crippen LogP contribution in [0.15, 0.2) is 36.4 Å². The van der Waals surface area contributed by atoms with Crippen LogP contribution >= 0.6 is 0 Å². The van der Waals surface area contributed by atoms with Gasteiger partial charge in [0.2, 0.25) is 11.8 Å². The van der Waals surface area contributed by atoms with E-state index in [1.807, 2.05) is 0 Å².